The molecule has 1 aromatic carbocycles. The van der Waals surface area contributed by atoms with Crippen LogP contribution in [0.3, 0.4) is 0 Å². The maximum absolute atomic E-state index is 12.9. The Hall–Kier alpha value is -2.17. The highest BCUT2D eigenvalue weighted by atomic mass is 19.1. The molecule has 102 valence electrons. The van der Waals surface area contributed by atoms with Crippen LogP contribution in [0.4, 0.5) is 4.39 Å². The van der Waals surface area contributed by atoms with E-state index in [4.69, 9.17) is 5.11 Å². The van der Waals surface area contributed by atoms with Gasteiger partial charge in [-0.25, -0.2) is 4.39 Å². The zero-order valence-corrected chi connectivity index (χ0v) is 10.8. The Balaban J connectivity index is 2.61. The third kappa shape index (κ3) is 4.91. The average molecular weight is 265 g/mol. The predicted molar refractivity (Wildman–Crippen MR) is 69.9 cm³/mol. The molecule has 0 aliphatic carbocycles. The van der Waals surface area contributed by atoms with Gasteiger partial charge in [0, 0.05) is 19.7 Å². The number of aliphatic carboxylic acids is 1. The number of hydrogen-bond donors (Lipinski definition) is 1. The first-order valence-electron chi connectivity index (χ1n) is 5.81. The molecule has 0 aliphatic rings. The molecular formula is C14H16FNO3. The van der Waals surface area contributed by atoms with Crippen molar-refractivity contribution in [2.24, 2.45) is 5.92 Å². The second-order valence-corrected chi connectivity index (χ2v) is 4.35. The highest BCUT2D eigenvalue weighted by Crippen LogP contribution is 2.06. The van der Waals surface area contributed by atoms with Gasteiger partial charge in [0.25, 0.3) is 0 Å². The third-order valence-corrected chi connectivity index (χ3v) is 2.61. The van der Waals surface area contributed by atoms with E-state index in [1.807, 2.05) is 0 Å². The molecule has 0 aromatic heterocycles. The first kappa shape index (κ1) is 14.9. The lowest BCUT2D eigenvalue weighted by molar-refractivity contribution is -0.142. The molecule has 5 heteroatoms. The van der Waals surface area contributed by atoms with Gasteiger partial charge >= 0.3 is 5.97 Å². The fourth-order valence-corrected chi connectivity index (χ4v) is 1.48. The summed E-state index contributed by atoms with van der Waals surface area (Å²) in [6.07, 6.45) is 2.79. The molecule has 19 heavy (non-hydrogen) atoms. The molecule has 4 nitrogen and oxygen atoms in total. The number of carbonyl (C=O) groups is 2. The molecule has 1 amide bonds. The normalized spacial score (nSPS) is 12.4. The molecule has 0 aliphatic heterocycles. The lowest BCUT2D eigenvalue weighted by Gasteiger charge is -2.17. The Kier molecular flexibility index (Phi) is 5.23. The van der Waals surface area contributed by atoms with Crippen LogP contribution in [0.15, 0.2) is 30.3 Å². The predicted octanol–water partition coefficient (Wildman–Crippen LogP) is 2.02. The monoisotopic (exact) mass is 265 g/mol. The SMILES string of the molecule is CC(CN(C)C(=O)C=Cc1cccc(F)c1)C(=O)O. The minimum absolute atomic E-state index is 0.127. The van der Waals surface area contributed by atoms with Crippen molar-refractivity contribution in [2.75, 3.05) is 13.6 Å². The number of hydrogen-bond acceptors (Lipinski definition) is 2. The second kappa shape index (κ2) is 6.68. The molecule has 0 saturated heterocycles. The van der Waals surface area contributed by atoms with Crippen LogP contribution in [0.2, 0.25) is 0 Å². The lowest BCUT2D eigenvalue weighted by Crippen LogP contribution is -2.32. The van der Waals surface area contributed by atoms with E-state index >= 15 is 0 Å². The van der Waals surface area contributed by atoms with E-state index in [9.17, 15) is 14.0 Å². The largest absolute Gasteiger partial charge is 0.481 e. The molecule has 0 fully saturated rings. The Labute approximate surface area is 111 Å². The average Bonchev–Trinajstić information content (AvgIpc) is 2.35. The van der Waals surface area contributed by atoms with Crippen LogP contribution in [0.25, 0.3) is 6.08 Å². The van der Waals surface area contributed by atoms with Crippen LogP contribution in [0.1, 0.15) is 12.5 Å². The number of carbonyl (C=O) groups excluding carboxylic acids is 1. The van der Waals surface area contributed by atoms with Crippen LogP contribution in [-0.2, 0) is 9.59 Å². The van der Waals surface area contributed by atoms with Crippen LogP contribution < -0.4 is 0 Å². The van der Waals surface area contributed by atoms with Gasteiger partial charge in [0.2, 0.25) is 5.91 Å². The zero-order valence-electron chi connectivity index (χ0n) is 10.8. The molecule has 0 saturated carbocycles. The molecular weight excluding hydrogens is 249 g/mol. The van der Waals surface area contributed by atoms with Gasteiger partial charge in [-0.2, -0.15) is 0 Å². The van der Waals surface area contributed by atoms with E-state index in [2.05, 4.69) is 0 Å². The van der Waals surface area contributed by atoms with E-state index in [-0.39, 0.29) is 18.3 Å². The highest BCUT2D eigenvalue weighted by molar-refractivity contribution is 5.91. The fourth-order valence-electron chi connectivity index (χ4n) is 1.48. The van der Waals surface area contributed by atoms with Crippen LogP contribution in [0.5, 0.6) is 0 Å². The van der Waals surface area contributed by atoms with E-state index in [1.54, 1.807) is 12.1 Å². The summed E-state index contributed by atoms with van der Waals surface area (Å²) >= 11 is 0. The molecule has 1 aromatic rings. The first-order chi connectivity index (χ1) is 8.90. The summed E-state index contributed by atoms with van der Waals surface area (Å²) in [5.74, 6) is -2.27. The third-order valence-electron chi connectivity index (χ3n) is 2.61. The number of amides is 1. The summed E-state index contributed by atoms with van der Waals surface area (Å²) in [6.45, 7) is 1.66. The topological polar surface area (TPSA) is 57.6 Å². The van der Waals surface area contributed by atoms with E-state index in [1.165, 1.54) is 43.2 Å². The van der Waals surface area contributed by atoms with Gasteiger partial charge in [-0.15, -0.1) is 0 Å². The number of nitrogens with zero attached hydrogens (tertiary/aromatic N) is 1. The summed E-state index contributed by atoms with van der Waals surface area (Å²) in [4.78, 5) is 23.7. The van der Waals surface area contributed by atoms with Crippen LogP contribution in [-0.4, -0.2) is 35.5 Å². The van der Waals surface area contributed by atoms with Gasteiger partial charge in [-0.3, -0.25) is 9.59 Å². The summed E-state index contributed by atoms with van der Waals surface area (Å²) in [7, 11) is 1.53. The van der Waals surface area contributed by atoms with Crippen molar-refractivity contribution in [1.29, 1.82) is 0 Å². The van der Waals surface area contributed by atoms with Crippen molar-refractivity contribution in [1.82, 2.24) is 4.90 Å². The Morgan fingerprint density at radius 2 is 2.16 bits per heavy atom. The van der Waals surface area contributed by atoms with Crippen molar-refractivity contribution in [2.45, 2.75) is 6.92 Å². The van der Waals surface area contributed by atoms with Crippen molar-refractivity contribution in [3.63, 3.8) is 0 Å². The van der Waals surface area contributed by atoms with Gasteiger partial charge in [-0.1, -0.05) is 19.1 Å². The first-order valence-corrected chi connectivity index (χ1v) is 5.81. The Bertz CT molecular complexity index is 499. The molecule has 0 bridgehead atoms. The number of carboxylic acids is 1. The maximum Gasteiger partial charge on any atom is 0.308 e. The van der Waals surface area contributed by atoms with E-state index < -0.39 is 11.9 Å². The van der Waals surface area contributed by atoms with Gasteiger partial charge in [0.1, 0.15) is 5.82 Å². The number of carboxylic acid groups (broad SMARTS) is 1. The highest BCUT2D eigenvalue weighted by Gasteiger charge is 2.15. The van der Waals surface area contributed by atoms with Crippen LogP contribution >= 0.6 is 0 Å². The molecule has 0 heterocycles. The Morgan fingerprint density at radius 3 is 2.74 bits per heavy atom. The maximum atomic E-state index is 12.9. The smallest absolute Gasteiger partial charge is 0.308 e. The van der Waals surface area contributed by atoms with E-state index in [0.29, 0.717) is 5.56 Å². The van der Waals surface area contributed by atoms with Gasteiger partial charge < -0.3 is 10.0 Å². The number of likely N-dealkylation sites (N-methyl/N-ethyl adjacent to an activating group) is 1. The van der Waals surface area contributed by atoms with Crippen molar-refractivity contribution in [3.05, 3.63) is 41.7 Å². The molecule has 0 spiro atoms. The zero-order chi connectivity index (χ0) is 14.4. The molecule has 1 unspecified atom stereocenters. The molecule has 1 N–H and O–H groups in total. The molecule has 1 rings (SSSR count). The van der Waals surface area contributed by atoms with E-state index in [0.717, 1.165) is 0 Å². The number of rotatable bonds is 5. The quantitative estimate of drug-likeness (QED) is 0.829. The van der Waals surface area contributed by atoms with Gasteiger partial charge in [0.15, 0.2) is 0 Å². The summed E-state index contributed by atoms with van der Waals surface area (Å²) in [6, 6.07) is 5.85. The Morgan fingerprint density at radius 1 is 1.47 bits per heavy atom. The van der Waals surface area contributed by atoms with Crippen molar-refractivity contribution < 1.29 is 19.1 Å². The second-order valence-electron chi connectivity index (χ2n) is 4.35. The minimum Gasteiger partial charge on any atom is -0.481 e. The van der Waals surface area contributed by atoms with Crippen LogP contribution in [0, 0.1) is 11.7 Å². The molecule has 1 atom stereocenters. The lowest BCUT2D eigenvalue weighted by atomic mass is 10.1. The number of halogens is 1. The fraction of sp³-hybridized carbons (Fsp3) is 0.286. The van der Waals surface area contributed by atoms with Gasteiger partial charge in [-0.05, 0) is 23.8 Å². The standard InChI is InChI=1S/C14H16FNO3/c1-10(14(18)19)9-16(2)13(17)7-6-11-4-3-5-12(15)8-11/h3-8,10H,9H2,1-2H3,(H,18,19). The summed E-state index contributed by atoms with van der Waals surface area (Å²) in [5.41, 5.74) is 0.577. The summed E-state index contributed by atoms with van der Waals surface area (Å²) < 4.78 is 12.9. The minimum atomic E-state index is -0.950. The van der Waals surface area contributed by atoms with Gasteiger partial charge in [0.05, 0.1) is 5.92 Å². The van der Waals surface area contributed by atoms with Crippen molar-refractivity contribution >= 4 is 18.0 Å². The van der Waals surface area contributed by atoms with Crippen molar-refractivity contribution in [3.8, 4) is 0 Å². The molecule has 0 radical (unpaired) electrons. The summed E-state index contributed by atoms with van der Waals surface area (Å²) in [5, 5.41) is 8.75. The number of benzene rings is 1.